The smallest absolute Gasteiger partial charge is 0.133 e. The number of furan rings is 1. The molecule has 110 valence electrons. The maximum atomic E-state index is 5.95. The second kappa shape index (κ2) is 6.47. The van der Waals surface area contributed by atoms with E-state index >= 15 is 0 Å². The van der Waals surface area contributed by atoms with E-state index in [2.05, 4.69) is 16.4 Å². The van der Waals surface area contributed by atoms with Gasteiger partial charge in [-0.05, 0) is 30.7 Å². The summed E-state index contributed by atoms with van der Waals surface area (Å²) in [4.78, 5) is 5.69. The third-order valence-corrected chi connectivity index (χ3v) is 4.58. The van der Waals surface area contributed by atoms with Gasteiger partial charge in [-0.3, -0.25) is 0 Å². The summed E-state index contributed by atoms with van der Waals surface area (Å²) in [5.74, 6) is 1.81. The highest BCUT2D eigenvalue weighted by Gasteiger charge is 2.20. The Balaban J connectivity index is 1.70. The van der Waals surface area contributed by atoms with Gasteiger partial charge in [-0.2, -0.15) is 0 Å². The number of halogens is 1. The molecule has 4 nitrogen and oxygen atoms in total. The van der Waals surface area contributed by atoms with Crippen LogP contribution in [0.5, 0.6) is 0 Å². The lowest BCUT2D eigenvalue weighted by atomic mass is 10.2. The number of nitrogens with one attached hydrogen (secondary N) is 1. The summed E-state index contributed by atoms with van der Waals surface area (Å²) in [5, 5.41) is 3.51. The fourth-order valence-corrected chi connectivity index (χ4v) is 3.34. The summed E-state index contributed by atoms with van der Waals surface area (Å²) in [6.07, 6.45) is 6.35. The quantitative estimate of drug-likeness (QED) is 0.753. The predicted molar refractivity (Wildman–Crippen MR) is 84.8 cm³/mol. The van der Waals surface area contributed by atoms with Gasteiger partial charge in [-0.1, -0.05) is 11.6 Å². The first-order chi connectivity index (χ1) is 10.2. The van der Waals surface area contributed by atoms with Crippen LogP contribution in [-0.4, -0.2) is 16.1 Å². The summed E-state index contributed by atoms with van der Waals surface area (Å²) in [6, 6.07) is 7.82. The molecule has 0 saturated heterocycles. The first kappa shape index (κ1) is 14.4. The third kappa shape index (κ3) is 3.37. The Hall–Kier alpha value is -1.56. The van der Waals surface area contributed by atoms with Gasteiger partial charge in [-0.25, -0.2) is 4.98 Å². The first-order valence-electron chi connectivity index (χ1n) is 6.72. The van der Waals surface area contributed by atoms with Crippen molar-refractivity contribution in [2.24, 2.45) is 7.05 Å². The van der Waals surface area contributed by atoms with Crippen molar-refractivity contribution in [1.82, 2.24) is 14.9 Å². The van der Waals surface area contributed by atoms with E-state index in [0.717, 1.165) is 28.9 Å². The summed E-state index contributed by atoms with van der Waals surface area (Å²) in [7, 11) is 1.99. The molecule has 0 spiro atoms. The third-order valence-electron chi connectivity index (χ3n) is 3.29. The molecule has 6 heteroatoms. The molecule has 1 N–H and O–H groups in total. The molecule has 1 unspecified atom stereocenters. The van der Waals surface area contributed by atoms with Crippen LogP contribution in [0.2, 0.25) is 4.34 Å². The Bertz CT molecular complexity index is 689. The Kier molecular flexibility index (Phi) is 4.43. The van der Waals surface area contributed by atoms with Crippen LogP contribution < -0.4 is 5.32 Å². The van der Waals surface area contributed by atoms with Crippen LogP contribution in [0.25, 0.3) is 0 Å². The molecule has 3 aromatic heterocycles. The molecule has 0 fully saturated rings. The molecule has 3 heterocycles. The van der Waals surface area contributed by atoms with Crippen LogP contribution in [-0.2, 0) is 13.5 Å². The molecule has 1 atom stereocenters. The van der Waals surface area contributed by atoms with E-state index in [1.54, 1.807) is 23.8 Å². The van der Waals surface area contributed by atoms with Gasteiger partial charge >= 0.3 is 0 Å². The topological polar surface area (TPSA) is 43.0 Å². The van der Waals surface area contributed by atoms with Gasteiger partial charge in [0, 0.05) is 30.9 Å². The van der Waals surface area contributed by atoms with Crippen molar-refractivity contribution in [3.05, 3.63) is 63.7 Å². The lowest BCUT2D eigenvalue weighted by Gasteiger charge is -2.16. The highest BCUT2D eigenvalue weighted by Crippen LogP contribution is 2.23. The SMILES string of the molecule is Cn1ccnc1C(NCCc1ccc(Cl)s1)c1ccco1. The standard InChI is InChI=1S/C15H16ClN3OS/c1-19-9-8-18-15(19)14(12-3-2-10-20-12)17-7-6-11-4-5-13(16)21-11/h2-5,8-10,14,17H,6-7H2,1H3. The van der Waals surface area contributed by atoms with Gasteiger partial charge in [0.05, 0.1) is 10.6 Å². The van der Waals surface area contributed by atoms with Crippen molar-refractivity contribution in [3.8, 4) is 0 Å². The average molecular weight is 322 g/mol. The molecule has 0 bridgehead atoms. The number of nitrogens with zero attached hydrogens (tertiary/aromatic N) is 2. The monoisotopic (exact) mass is 321 g/mol. The van der Waals surface area contributed by atoms with E-state index in [9.17, 15) is 0 Å². The van der Waals surface area contributed by atoms with Crippen LogP contribution in [0.4, 0.5) is 0 Å². The van der Waals surface area contributed by atoms with Crippen LogP contribution in [0.3, 0.4) is 0 Å². The van der Waals surface area contributed by atoms with E-state index in [0.29, 0.717) is 0 Å². The van der Waals surface area contributed by atoms with E-state index < -0.39 is 0 Å². The van der Waals surface area contributed by atoms with E-state index in [1.807, 2.05) is 36.0 Å². The minimum absolute atomic E-state index is 0.0459. The number of rotatable bonds is 6. The summed E-state index contributed by atoms with van der Waals surface area (Å²) >= 11 is 7.57. The van der Waals surface area contributed by atoms with Crippen molar-refractivity contribution >= 4 is 22.9 Å². The molecule has 0 aromatic carbocycles. The first-order valence-corrected chi connectivity index (χ1v) is 7.91. The van der Waals surface area contributed by atoms with Gasteiger partial charge in [0.15, 0.2) is 0 Å². The Labute approximate surface area is 132 Å². The molecule has 0 aliphatic heterocycles. The molecule has 3 aromatic rings. The van der Waals surface area contributed by atoms with Gasteiger partial charge in [0.1, 0.15) is 17.6 Å². The zero-order chi connectivity index (χ0) is 14.7. The van der Waals surface area contributed by atoms with Crippen LogP contribution >= 0.6 is 22.9 Å². The van der Waals surface area contributed by atoms with Gasteiger partial charge < -0.3 is 14.3 Å². The molecular weight excluding hydrogens is 306 g/mol. The number of imidazole rings is 1. The number of aromatic nitrogens is 2. The lowest BCUT2D eigenvalue weighted by Crippen LogP contribution is -2.26. The van der Waals surface area contributed by atoms with Crippen molar-refractivity contribution in [1.29, 1.82) is 0 Å². The predicted octanol–water partition coefficient (Wildman–Crippen LogP) is 3.65. The molecule has 3 rings (SSSR count). The van der Waals surface area contributed by atoms with E-state index in [4.69, 9.17) is 16.0 Å². The minimum Gasteiger partial charge on any atom is -0.467 e. The normalized spacial score (nSPS) is 12.7. The minimum atomic E-state index is -0.0459. The molecule has 0 amide bonds. The Morgan fingerprint density at radius 3 is 2.95 bits per heavy atom. The Morgan fingerprint density at radius 1 is 1.43 bits per heavy atom. The van der Waals surface area contributed by atoms with Crippen molar-refractivity contribution in [3.63, 3.8) is 0 Å². The average Bonchev–Trinajstić information content (AvgIpc) is 3.18. The summed E-state index contributed by atoms with van der Waals surface area (Å²) in [6.45, 7) is 0.828. The van der Waals surface area contributed by atoms with Crippen LogP contribution in [0.1, 0.15) is 22.5 Å². The second-order valence-corrected chi connectivity index (χ2v) is 6.55. The molecule has 0 saturated carbocycles. The van der Waals surface area contributed by atoms with Crippen LogP contribution in [0.15, 0.2) is 47.3 Å². The molecule has 21 heavy (non-hydrogen) atoms. The number of thiophene rings is 1. The van der Waals surface area contributed by atoms with Crippen molar-refractivity contribution in [2.45, 2.75) is 12.5 Å². The Morgan fingerprint density at radius 2 is 2.33 bits per heavy atom. The zero-order valence-corrected chi connectivity index (χ0v) is 13.2. The maximum Gasteiger partial charge on any atom is 0.133 e. The second-order valence-electron chi connectivity index (χ2n) is 4.75. The van der Waals surface area contributed by atoms with Crippen molar-refractivity contribution < 1.29 is 4.42 Å². The van der Waals surface area contributed by atoms with E-state index in [-0.39, 0.29) is 6.04 Å². The highest BCUT2D eigenvalue weighted by atomic mass is 35.5. The molecule has 0 aliphatic rings. The number of aryl methyl sites for hydroxylation is 1. The molecule has 0 aliphatic carbocycles. The van der Waals surface area contributed by atoms with Gasteiger partial charge in [0.25, 0.3) is 0 Å². The van der Waals surface area contributed by atoms with Gasteiger partial charge in [-0.15, -0.1) is 11.3 Å². The molecular formula is C15H16ClN3OS. The number of hydrogen-bond donors (Lipinski definition) is 1. The number of hydrogen-bond acceptors (Lipinski definition) is 4. The highest BCUT2D eigenvalue weighted by molar-refractivity contribution is 7.16. The van der Waals surface area contributed by atoms with Crippen LogP contribution in [0, 0.1) is 0 Å². The molecule has 0 radical (unpaired) electrons. The largest absolute Gasteiger partial charge is 0.467 e. The van der Waals surface area contributed by atoms with E-state index in [1.165, 1.54) is 4.88 Å². The van der Waals surface area contributed by atoms with Gasteiger partial charge in [0.2, 0.25) is 0 Å². The summed E-state index contributed by atoms with van der Waals surface area (Å²) < 4.78 is 8.38. The fourth-order valence-electron chi connectivity index (χ4n) is 2.26. The fraction of sp³-hybridized carbons (Fsp3) is 0.267. The zero-order valence-electron chi connectivity index (χ0n) is 11.6. The van der Waals surface area contributed by atoms with Crippen molar-refractivity contribution in [2.75, 3.05) is 6.54 Å². The lowest BCUT2D eigenvalue weighted by molar-refractivity contribution is 0.432. The summed E-state index contributed by atoms with van der Waals surface area (Å²) in [5.41, 5.74) is 0. The maximum absolute atomic E-state index is 5.95.